The second-order valence-corrected chi connectivity index (χ2v) is 7.98. The van der Waals surface area contributed by atoms with Crippen LogP contribution < -0.4 is 10.7 Å². The molecule has 2 aliphatic heterocycles. The van der Waals surface area contributed by atoms with Gasteiger partial charge < -0.3 is 15.2 Å². The molecule has 27 heavy (non-hydrogen) atoms. The van der Waals surface area contributed by atoms with Crippen LogP contribution in [0.25, 0.3) is 0 Å². The SMILES string of the molecule is O=C(CN1C=CN2NC(c3ccc(Cl)cc3)CC2C1=O)NCc1cccs1. The number of benzene rings is 1. The normalized spacial score (nSPS) is 21.4. The van der Waals surface area contributed by atoms with Gasteiger partial charge in [0.15, 0.2) is 0 Å². The van der Waals surface area contributed by atoms with Gasteiger partial charge in [0.25, 0.3) is 5.91 Å². The molecule has 4 rings (SSSR count). The Labute approximate surface area is 166 Å². The number of carbonyl (C=O) groups is 2. The molecule has 0 bridgehead atoms. The topological polar surface area (TPSA) is 64.7 Å². The number of hydrazine groups is 1. The van der Waals surface area contributed by atoms with Crippen LogP contribution in [-0.4, -0.2) is 34.3 Å². The first-order valence-electron chi connectivity index (χ1n) is 8.68. The van der Waals surface area contributed by atoms with E-state index < -0.39 is 0 Å². The van der Waals surface area contributed by atoms with E-state index in [2.05, 4.69) is 10.7 Å². The van der Waals surface area contributed by atoms with Crippen molar-refractivity contribution in [3.05, 3.63) is 69.6 Å². The summed E-state index contributed by atoms with van der Waals surface area (Å²) in [5.74, 6) is -0.247. The number of carbonyl (C=O) groups excluding carboxylic acids is 2. The van der Waals surface area contributed by atoms with Crippen molar-refractivity contribution in [3.63, 3.8) is 0 Å². The van der Waals surface area contributed by atoms with E-state index in [1.165, 1.54) is 4.90 Å². The van der Waals surface area contributed by atoms with Crippen LogP contribution in [0, 0.1) is 0 Å². The summed E-state index contributed by atoms with van der Waals surface area (Å²) >= 11 is 7.54. The fourth-order valence-electron chi connectivity index (χ4n) is 3.29. The van der Waals surface area contributed by atoms with Gasteiger partial charge in [-0.05, 0) is 35.6 Å². The molecule has 0 spiro atoms. The zero-order valence-electron chi connectivity index (χ0n) is 14.5. The van der Waals surface area contributed by atoms with Gasteiger partial charge in [0.05, 0.1) is 12.6 Å². The van der Waals surface area contributed by atoms with Crippen molar-refractivity contribution in [2.24, 2.45) is 0 Å². The van der Waals surface area contributed by atoms with Crippen LogP contribution in [-0.2, 0) is 16.1 Å². The summed E-state index contributed by atoms with van der Waals surface area (Å²) in [6, 6.07) is 11.2. The second-order valence-electron chi connectivity index (χ2n) is 6.51. The smallest absolute Gasteiger partial charge is 0.251 e. The Morgan fingerprint density at radius 3 is 2.81 bits per heavy atom. The van der Waals surface area contributed by atoms with E-state index in [0.717, 1.165) is 10.4 Å². The molecule has 6 nitrogen and oxygen atoms in total. The molecule has 2 N–H and O–H groups in total. The van der Waals surface area contributed by atoms with E-state index in [4.69, 9.17) is 11.6 Å². The number of hydrogen-bond donors (Lipinski definition) is 2. The highest BCUT2D eigenvalue weighted by molar-refractivity contribution is 7.09. The lowest BCUT2D eigenvalue weighted by molar-refractivity contribution is -0.138. The lowest BCUT2D eigenvalue weighted by Gasteiger charge is -2.31. The minimum Gasteiger partial charge on any atom is -0.350 e. The number of nitrogens with one attached hydrogen (secondary N) is 2. The largest absolute Gasteiger partial charge is 0.350 e. The molecule has 3 heterocycles. The summed E-state index contributed by atoms with van der Waals surface area (Å²) in [5, 5.41) is 7.33. The number of fused-ring (bicyclic) bond motifs is 1. The average Bonchev–Trinajstić information content (AvgIpc) is 3.33. The summed E-state index contributed by atoms with van der Waals surface area (Å²) in [4.78, 5) is 27.6. The Kier molecular flexibility index (Phi) is 5.15. The first-order chi connectivity index (χ1) is 13.1. The van der Waals surface area contributed by atoms with Gasteiger partial charge in [-0.25, -0.2) is 5.43 Å². The lowest BCUT2D eigenvalue weighted by atomic mass is 10.0. The molecule has 0 aliphatic carbocycles. The molecule has 2 atom stereocenters. The van der Waals surface area contributed by atoms with Gasteiger partial charge in [-0.2, -0.15) is 0 Å². The predicted molar refractivity (Wildman–Crippen MR) is 105 cm³/mol. The molecule has 2 aliphatic rings. The van der Waals surface area contributed by atoms with Gasteiger partial charge in [-0.3, -0.25) is 9.59 Å². The summed E-state index contributed by atoms with van der Waals surface area (Å²) in [7, 11) is 0. The van der Waals surface area contributed by atoms with Gasteiger partial charge in [0.2, 0.25) is 5.91 Å². The van der Waals surface area contributed by atoms with Gasteiger partial charge in [-0.15, -0.1) is 11.3 Å². The molecule has 1 aromatic heterocycles. The zero-order chi connectivity index (χ0) is 18.8. The minimum absolute atomic E-state index is 0.0245. The molecule has 2 unspecified atom stereocenters. The van der Waals surface area contributed by atoms with Crippen LogP contribution in [0.5, 0.6) is 0 Å². The maximum Gasteiger partial charge on any atom is 0.251 e. The van der Waals surface area contributed by atoms with Crippen molar-refractivity contribution < 1.29 is 9.59 Å². The molecule has 0 radical (unpaired) electrons. The Hall–Kier alpha value is -2.35. The number of thiophene rings is 1. The first-order valence-corrected chi connectivity index (χ1v) is 9.94. The highest BCUT2D eigenvalue weighted by Gasteiger charge is 2.40. The Bertz CT molecular complexity index is 853. The molecule has 0 saturated carbocycles. The van der Waals surface area contributed by atoms with Crippen LogP contribution in [0.3, 0.4) is 0 Å². The molecule has 2 amide bonds. The molecule has 8 heteroatoms. The van der Waals surface area contributed by atoms with E-state index in [-0.39, 0.29) is 30.4 Å². The summed E-state index contributed by atoms with van der Waals surface area (Å²) in [5.41, 5.74) is 4.41. The molecule has 2 aromatic rings. The van der Waals surface area contributed by atoms with Gasteiger partial charge in [0.1, 0.15) is 12.6 Å². The third-order valence-corrected chi connectivity index (χ3v) is 5.83. The number of rotatable bonds is 5. The summed E-state index contributed by atoms with van der Waals surface area (Å²) < 4.78 is 0. The lowest BCUT2D eigenvalue weighted by Crippen LogP contribution is -2.50. The van der Waals surface area contributed by atoms with E-state index in [9.17, 15) is 9.59 Å². The van der Waals surface area contributed by atoms with Crippen LogP contribution in [0.15, 0.2) is 54.2 Å². The molecule has 1 fully saturated rings. The van der Waals surface area contributed by atoms with Crippen LogP contribution in [0.4, 0.5) is 0 Å². The van der Waals surface area contributed by atoms with Crippen molar-refractivity contribution in [1.82, 2.24) is 20.7 Å². The van der Waals surface area contributed by atoms with Gasteiger partial charge in [-0.1, -0.05) is 29.8 Å². The maximum atomic E-state index is 12.8. The van der Waals surface area contributed by atoms with Crippen LogP contribution in [0.1, 0.15) is 22.9 Å². The fraction of sp³-hybridized carbons (Fsp3) is 0.263. The zero-order valence-corrected chi connectivity index (χ0v) is 16.0. The van der Waals surface area contributed by atoms with Crippen molar-refractivity contribution in [2.45, 2.75) is 25.0 Å². The molecular weight excluding hydrogens is 384 g/mol. The quantitative estimate of drug-likeness (QED) is 0.807. The summed E-state index contributed by atoms with van der Waals surface area (Å²) in [6.45, 7) is 0.509. The van der Waals surface area contributed by atoms with Crippen molar-refractivity contribution in [3.8, 4) is 0 Å². The van der Waals surface area contributed by atoms with E-state index >= 15 is 0 Å². The number of amides is 2. The van der Waals surface area contributed by atoms with Crippen molar-refractivity contribution in [1.29, 1.82) is 0 Å². The molecule has 140 valence electrons. The Balaban J connectivity index is 1.35. The fourth-order valence-corrected chi connectivity index (χ4v) is 4.06. The predicted octanol–water partition coefficient (Wildman–Crippen LogP) is 2.65. The third kappa shape index (κ3) is 4.00. The van der Waals surface area contributed by atoms with E-state index in [1.807, 2.05) is 53.0 Å². The molecule has 1 aromatic carbocycles. The van der Waals surface area contributed by atoms with Crippen LogP contribution in [0.2, 0.25) is 5.02 Å². The van der Waals surface area contributed by atoms with Crippen LogP contribution >= 0.6 is 22.9 Å². The summed E-state index contributed by atoms with van der Waals surface area (Å²) in [6.07, 6.45) is 4.10. The number of nitrogens with zero attached hydrogens (tertiary/aromatic N) is 2. The number of halogens is 1. The minimum atomic E-state index is -0.319. The van der Waals surface area contributed by atoms with Gasteiger partial charge in [0, 0.05) is 22.3 Å². The van der Waals surface area contributed by atoms with Crippen molar-refractivity contribution >= 4 is 34.8 Å². The number of hydrogen-bond acceptors (Lipinski definition) is 5. The van der Waals surface area contributed by atoms with Gasteiger partial charge >= 0.3 is 0 Å². The van der Waals surface area contributed by atoms with E-state index in [1.54, 1.807) is 17.5 Å². The monoisotopic (exact) mass is 402 g/mol. The Morgan fingerprint density at radius 2 is 2.07 bits per heavy atom. The molecule has 1 saturated heterocycles. The maximum absolute atomic E-state index is 12.8. The average molecular weight is 403 g/mol. The highest BCUT2D eigenvalue weighted by atomic mass is 35.5. The third-order valence-electron chi connectivity index (χ3n) is 4.70. The first kappa shape index (κ1) is 18.0. The standard InChI is InChI=1S/C19H19ClN4O2S/c20-14-5-3-13(4-6-14)16-10-17-19(26)23(7-8-24(17)22-16)12-18(25)21-11-15-2-1-9-27-15/h1-9,16-17,22H,10-12H2,(H,21,25). The molecular formula is C19H19ClN4O2S. The van der Waals surface area contributed by atoms with Crippen molar-refractivity contribution in [2.75, 3.05) is 6.54 Å². The Morgan fingerprint density at radius 1 is 1.26 bits per heavy atom. The van der Waals surface area contributed by atoms with E-state index in [0.29, 0.717) is 18.0 Å². The second kappa shape index (κ2) is 7.72. The highest BCUT2D eigenvalue weighted by Crippen LogP contribution is 2.31.